The van der Waals surface area contributed by atoms with Gasteiger partial charge in [0.2, 0.25) is 5.88 Å². The van der Waals surface area contributed by atoms with Gasteiger partial charge in [0.25, 0.3) is 0 Å². The number of pyridine rings is 1. The first-order valence-electron chi connectivity index (χ1n) is 3.10. The van der Waals surface area contributed by atoms with Crippen molar-refractivity contribution >= 4 is 17.7 Å². The van der Waals surface area contributed by atoms with Crippen LogP contribution in [0, 0.1) is 0 Å². The lowest BCUT2D eigenvalue weighted by Gasteiger charge is -1.99. The maximum absolute atomic E-state index is 5.67. The van der Waals surface area contributed by atoms with Crippen LogP contribution in [0.2, 0.25) is 5.15 Å². The number of nitrogens with zero attached hydrogens (tertiary/aromatic N) is 1. The molecule has 1 aromatic rings. The standard InChI is InChI=1S/C8H8ClNO/c1-3-6-4-7(9)10-8(5-6)11-2/h3-5H,1H2,2H3. The van der Waals surface area contributed by atoms with Crippen molar-refractivity contribution in [3.05, 3.63) is 29.4 Å². The molecule has 0 aliphatic carbocycles. The van der Waals surface area contributed by atoms with Gasteiger partial charge in [-0.3, -0.25) is 0 Å². The van der Waals surface area contributed by atoms with Crippen LogP contribution in [0.25, 0.3) is 6.08 Å². The molecule has 0 N–H and O–H groups in total. The summed E-state index contributed by atoms with van der Waals surface area (Å²) >= 11 is 5.67. The first kappa shape index (κ1) is 8.08. The summed E-state index contributed by atoms with van der Waals surface area (Å²) in [5, 5.41) is 0.416. The van der Waals surface area contributed by atoms with E-state index in [1.165, 1.54) is 0 Å². The lowest BCUT2D eigenvalue weighted by molar-refractivity contribution is 0.398. The molecule has 0 fully saturated rings. The van der Waals surface area contributed by atoms with Crippen LogP contribution >= 0.6 is 11.6 Å². The first-order valence-corrected chi connectivity index (χ1v) is 3.48. The molecule has 1 rings (SSSR count). The third-order valence-electron chi connectivity index (χ3n) is 1.24. The van der Waals surface area contributed by atoms with Crippen LogP contribution < -0.4 is 4.74 Å². The molecule has 0 saturated heterocycles. The fraction of sp³-hybridized carbons (Fsp3) is 0.125. The normalized spacial score (nSPS) is 9.27. The minimum atomic E-state index is 0.416. The molecule has 0 amide bonds. The van der Waals surface area contributed by atoms with Crippen molar-refractivity contribution in [2.45, 2.75) is 0 Å². The largest absolute Gasteiger partial charge is 0.481 e. The van der Waals surface area contributed by atoms with Gasteiger partial charge in [-0.1, -0.05) is 24.3 Å². The summed E-state index contributed by atoms with van der Waals surface area (Å²) in [6, 6.07) is 3.48. The van der Waals surface area contributed by atoms with Crippen LogP contribution in [0.15, 0.2) is 18.7 Å². The quantitative estimate of drug-likeness (QED) is 0.635. The van der Waals surface area contributed by atoms with Crippen LogP contribution in [0.4, 0.5) is 0 Å². The van der Waals surface area contributed by atoms with Gasteiger partial charge in [-0.2, -0.15) is 0 Å². The summed E-state index contributed by atoms with van der Waals surface area (Å²) in [7, 11) is 1.55. The monoisotopic (exact) mass is 169 g/mol. The average Bonchev–Trinajstić information content (AvgIpc) is 2.03. The van der Waals surface area contributed by atoms with Gasteiger partial charge in [0.1, 0.15) is 5.15 Å². The van der Waals surface area contributed by atoms with E-state index in [0.717, 1.165) is 5.56 Å². The number of aromatic nitrogens is 1. The number of halogens is 1. The smallest absolute Gasteiger partial charge is 0.214 e. The predicted molar refractivity (Wildman–Crippen MR) is 45.9 cm³/mol. The Kier molecular flexibility index (Phi) is 2.49. The van der Waals surface area contributed by atoms with Crippen LogP contribution in [-0.2, 0) is 0 Å². The summed E-state index contributed by atoms with van der Waals surface area (Å²) in [4.78, 5) is 3.90. The van der Waals surface area contributed by atoms with Gasteiger partial charge in [-0.25, -0.2) is 4.98 Å². The molecule has 0 aliphatic rings. The highest BCUT2D eigenvalue weighted by atomic mass is 35.5. The molecule has 0 aromatic carbocycles. The van der Waals surface area contributed by atoms with Crippen molar-refractivity contribution in [1.29, 1.82) is 0 Å². The number of ether oxygens (including phenoxy) is 1. The van der Waals surface area contributed by atoms with E-state index in [-0.39, 0.29) is 0 Å². The Balaban J connectivity index is 3.11. The zero-order valence-corrected chi connectivity index (χ0v) is 6.93. The number of hydrogen-bond acceptors (Lipinski definition) is 2. The van der Waals surface area contributed by atoms with Crippen LogP contribution in [0.5, 0.6) is 5.88 Å². The Hall–Kier alpha value is -1.02. The summed E-state index contributed by atoms with van der Waals surface area (Å²) in [5.41, 5.74) is 0.904. The first-order chi connectivity index (χ1) is 5.26. The highest BCUT2D eigenvalue weighted by Gasteiger charge is 1.96. The minimum absolute atomic E-state index is 0.416. The Labute approximate surface area is 70.5 Å². The molecule has 0 bridgehead atoms. The molecule has 0 aliphatic heterocycles. The molecule has 0 unspecified atom stereocenters. The van der Waals surface area contributed by atoms with E-state index in [1.807, 2.05) is 0 Å². The molecule has 0 radical (unpaired) electrons. The molecule has 1 heterocycles. The highest BCUT2D eigenvalue weighted by Crippen LogP contribution is 2.16. The van der Waals surface area contributed by atoms with Gasteiger partial charge >= 0.3 is 0 Å². The SMILES string of the molecule is C=Cc1cc(Cl)nc(OC)c1. The number of methoxy groups -OCH3 is 1. The summed E-state index contributed by atoms with van der Waals surface area (Å²) in [6.07, 6.45) is 1.69. The Morgan fingerprint density at radius 1 is 1.64 bits per heavy atom. The molecule has 0 atom stereocenters. The fourth-order valence-corrected chi connectivity index (χ4v) is 0.923. The summed E-state index contributed by atoms with van der Waals surface area (Å²) in [6.45, 7) is 3.61. The van der Waals surface area contributed by atoms with Crippen molar-refractivity contribution in [1.82, 2.24) is 4.98 Å². The van der Waals surface area contributed by atoms with Crippen molar-refractivity contribution in [3.63, 3.8) is 0 Å². The van der Waals surface area contributed by atoms with E-state index < -0.39 is 0 Å². The maximum atomic E-state index is 5.67. The fourth-order valence-electron chi connectivity index (χ4n) is 0.714. The summed E-state index contributed by atoms with van der Waals surface area (Å²) < 4.78 is 4.89. The van der Waals surface area contributed by atoms with Gasteiger partial charge < -0.3 is 4.74 Å². The van der Waals surface area contributed by atoms with Gasteiger partial charge in [0, 0.05) is 6.07 Å². The second-order valence-corrected chi connectivity index (χ2v) is 2.36. The molecule has 2 nitrogen and oxygen atoms in total. The van der Waals surface area contributed by atoms with Gasteiger partial charge in [-0.15, -0.1) is 0 Å². The van der Waals surface area contributed by atoms with Crippen LogP contribution in [-0.4, -0.2) is 12.1 Å². The van der Waals surface area contributed by atoms with Crippen molar-refractivity contribution in [2.75, 3.05) is 7.11 Å². The van der Waals surface area contributed by atoms with E-state index >= 15 is 0 Å². The molecular formula is C8H8ClNO. The zero-order chi connectivity index (χ0) is 8.27. The molecule has 0 spiro atoms. The van der Waals surface area contributed by atoms with Gasteiger partial charge in [0.05, 0.1) is 7.11 Å². The molecule has 11 heavy (non-hydrogen) atoms. The molecule has 3 heteroatoms. The molecule has 0 saturated carbocycles. The number of hydrogen-bond donors (Lipinski definition) is 0. The topological polar surface area (TPSA) is 22.1 Å². The average molecular weight is 170 g/mol. The number of rotatable bonds is 2. The minimum Gasteiger partial charge on any atom is -0.481 e. The van der Waals surface area contributed by atoms with Crippen molar-refractivity contribution < 1.29 is 4.74 Å². The van der Waals surface area contributed by atoms with Crippen molar-refractivity contribution in [2.24, 2.45) is 0 Å². The maximum Gasteiger partial charge on any atom is 0.214 e. The van der Waals surface area contributed by atoms with Crippen molar-refractivity contribution in [3.8, 4) is 5.88 Å². The second-order valence-electron chi connectivity index (χ2n) is 1.97. The summed E-state index contributed by atoms with van der Waals surface area (Å²) in [5.74, 6) is 0.507. The van der Waals surface area contributed by atoms with E-state index in [4.69, 9.17) is 16.3 Å². The Morgan fingerprint density at radius 2 is 2.36 bits per heavy atom. The van der Waals surface area contributed by atoms with Crippen LogP contribution in [0.3, 0.4) is 0 Å². The van der Waals surface area contributed by atoms with Gasteiger partial charge in [-0.05, 0) is 11.6 Å². The Morgan fingerprint density at radius 3 is 2.91 bits per heavy atom. The van der Waals surface area contributed by atoms with E-state index in [9.17, 15) is 0 Å². The molecule has 1 aromatic heterocycles. The van der Waals surface area contributed by atoms with E-state index in [0.29, 0.717) is 11.0 Å². The van der Waals surface area contributed by atoms with E-state index in [1.54, 1.807) is 25.3 Å². The predicted octanol–water partition coefficient (Wildman–Crippen LogP) is 2.39. The van der Waals surface area contributed by atoms with Gasteiger partial charge in [0.15, 0.2) is 0 Å². The third kappa shape index (κ3) is 1.95. The second kappa shape index (κ2) is 3.39. The lowest BCUT2D eigenvalue weighted by atomic mass is 10.3. The zero-order valence-electron chi connectivity index (χ0n) is 6.17. The third-order valence-corrected chi connectivity index (χ3v) is 1.43. The van der Waals surface area contributed by atoms with E-state index in [2.05, 4.69) is 11.6 Å². The molecule has 58 valence electrons. The lowest BCUT2D eigenvalue weighted by Crippen LogP contribution is -1.88. The Bertz CT molecular complexity index is 273. The highest BCUT2D eigenvalue weighted by molar-refractivity contribution is 6.29. The van der Waals surface area contributed by atoms with Crippen LogP contribution in [0.1, 0.15) is 5.56 Å². The molecular weight excluding hydrogens is 162 g/mol.